The molecular weight excluding hydrogens is 308 g/mol. The molecular formula is C19H28O5. The molecule has 1 rings (SSSR count). The van der Waals surface area contributed by atoms with E-state index in [1.54, 1.807) is 13.8 Å². The van der Waals surface area contributed by atoms with Crippen LogP contribution < -0.4 is 4.74 Å². The fraction of sp³-hybridized carbons (Fsp3) is 0.579. The van der Waals surface area contributed by atoms with Gasteiger partial charge in [0, 0.05) is 0 Å². The lowest BCUT2D eigenvalue weighted by Gasteiger charge is -2.12. The SMILES string of the molecule is CCOC(=O)C(CC)C(=O)OCCCCCCOc1ccccc1. The predicted octanol–water partition coefficient (Wildman–Crippen LogP) is 3.76. The molecule has 24 heavy (non-hydrogen) atoms. The quantitative estimate of drug-likeness (QED) is 0.330. The number of benzene rings is 1. The van der Waals surface area contributed by atoms with Crippen LogP contribution in [0.15, 0.2) is 30.3 Å². The molecule has 0 aliphatic rings. The number of unbranched alkanes of at least 4 members (excludes halogenated alkanes) is 3. The molecule has 0 N–H and O–H groups in total. The van der Waals surface area contributed by atoms with Gasteiger partial charge < -0.3 is 14.2 Å². The van der Waals surface area contributed by atoms with E-state index in [2.05, 4.69) is 0 Å². The van der Waals surface area contributed by atoms with E-state index in [1.807, 2.05) is 30.3 Å². The summed E-state index contributed by atoms with van der Waals surface area (Å²) in [5.41, 5.74) is 0. The number of rotatable bonds is 12. The molecule has 0 aromatic heterocycles. The fourth-order valence-corrected chi connectivity index (χ4v) is 2.21. The smallest absolute Gasteiger partial charge is 0.320 e. The molecule has 0 radical (unpaired) electrons. The molecule has 0 saturated carbocycles. The fourth-order valence-electron chi connectivity index (χ4n) is 2.21. The van der Waals surface area contributed by atoms with Crippen molar-refractivity contribution >= 4 is 11.9 Å². The Morgan fingerprint density at radius 3 is 2.12 bits per heavy atom. The van der Waals surface area contributed by atoms with Crippen molar-refractivity contribution in [2.75, 3.05) is 19.8 Å². The minimum Gasteiger partial charge on any atom is -0.494 e. The van der Waals surface area contributed by atoms with Crippen molar-refractivity contribution in [3.63, 3.8) is 0 Å². The normalized spacial score (nSPS) is 11.6. The van der Waals surface area contributed by atoms with E-state index in [1.165, 1.54) is 0 Å². The van der Waals surface area contributed by atoms with Gasteiger partial charge in [0.25, 0.3) is 0 Å². The van der Waals surface area contributed by atoms with Crippen molar-refractivity contribution in [3.05, 3.63) is 30.3 Å². The second-order valence-electron chi connectivity index (χ2n) is 5.46. The predicted molar refractivity (Wildman–Crippen MR) is 91.8 cm³/mol. The molecule has 0 aliphatic carbocycles. The summed E-state index contributed by atoms with van der Waals surface area (Å²) in [6.45, 7) is 4.79. The maximum atomic E-state index is 11.8. The Labute approximate surface area is 144 Å². The van der Waals surface area contributed by atoms with Gasteiger partial charge in [0.1, 0.15) is 5.75 Å². The molecule has 0 aliphatic heterocycles. The first-order valence-electron chi connectivity index (χ1n) is 8.70. The Bertz CT molecular complexity index is 472. The first-order chi connectivity index (χ1) is 11.7. The zero-order valence-corrected chi connectivity index (χ0v) is 14.7. The Morgan fingerprint density at radius 2 is 1.50 bits per heavy atom. The number of hydrogen-bond acceptors (Lipinski definition) is 5. The largest absolute Gasteiger partial charge is 0.494 e. The maximum Gasteiger partial charge on any atom is 0.320 e. The summed E-state index contributed by atoms with van der Waals surface area (Å²) in [6, 6.07) is 9.73. The van der Waals surface area contributed by atoms with Gasteiger partial charge in [-0.2, -0.15) is 0 Å². The summed E-state index contributed by atoms with van der Waals surface area (Å²) in [5, 5.41) is 0. The van der Waals surface area contributed by atoms with Crippen LogP contribution in [0.3, 0.4) is 0 Å². The number of hydrogen-bond donors (Lipinski definition) is 0. The summed E-state index contributed by atoms with van der Waals surface area (Å²) in [7, 11) is 0. The third-order valence-electron chi connectivity index (χ3n) is 3.56. The molecule has 134 valence electrons. The molecule has 0 bridgehead atoms. The molecule has 0 saturated heterocycles. The minimum atomic E-state index is -0.802. The van der Waals surface area contributed by atoms with Gasteiger partial charge in [-0.25, -0.2) is 0 Å². The van der Waals surface area contributed by atoms with Gasteiger partial charge >= 0.3 is 11.9 Å². The minimum absolute atomic E-state index is 0.271. The van der Waals surface area contributed by atoms with Crippen LogP contribution in [0.1, 0.15) is 46.0 Å². The van der Waals surface area contributed by atoms with Crippen molar-refractivity contribution in [2.45, 2.75) is 46.0 Å². The Hall–Kier alpha value is -2.04. The van der Waals surface area contributed by atoms with Crippen LogP contribution in [0, 0.1) is 5.92 Å². The summed E-state index contributed by atoms with van der Waals surface area (Å²) in [6.07, 6.45) is 4.12. The molecule has 0 heterocycles. The van der Waals surface area contributed by atoms with Gasteiger partial charge in [-0.3, -0.25) is 9.59 Å². The highest BCUT2D eigenvalue weighted by molar-refractivity contribution is 5.94. The monoisotopic (exact) mass is 336 g/mol. The van der Waals surface area contributed by atoms with E-state index in [0.717, 1.165) is 31.4 Å². The molecule has 0 spiro atoms. The van der Waals surface area contributed by atoms with E-state index in [4.69, 9.17) is 14.2 Å². The molecule has 1 aromatic rings. The van der Waals surface area contributed by atoms with Crippen LogP contribution in [0.25, 0.3) is 0 Å². The number of para-hydroxylation sites is 1. The summed E-state index contributed by atoms with van der Waals surface area (Å²) < 4.78 is 15.6. The van der Waals surface area contributed by atoms with E-state index >= 15 is 0 Å². The van der Waals surface area contributed by atoms with Crippen LogP contribution in [-0.4, -0.2) is 31.8 Å². The lowest BCUT2D eigenvalue weighted by atomic mass is 10.1. The third-order valence-corrected chi connectivity index (χ3v) is 3.56. The van der Waals surface area contributed by atoms with E-state index in [9.17, 15) is 9.59 Å². The number of ether oxygens (including phenoxy) is 3. The lowest BCUT2D eigenvalue weighted by Crippen LogP contribution is -2.27. The maximum absolute atomic E-state index is 11.8. The average molecular weight is 336 g/mol. The zero-order valence-electron chi connectivity index (χ0n) is 14.7. The van der Waals surface area contributed by atoms with E-state index in [-0.39, 0.29) is 6.61 Å². The van der Waals surface area contributed by atoms with Crippen LogP contribution in [-0.2, 0) is 19.1 Å². The molecule has 1 unspecified atom stereocenters. The number of esters is 2. The van der Waals surface area contributed by atoms with Crippen molar-refractivity contribution < 1.29 is 23.8 Å². The molecule has 0 fully saturated rings. The Balaban J connectivity index is 2.04. The highest BCUT2D eigenvalue weighted by atomic mass is 16.6. The highest BCUT2D eigenvalue weighted by Crippen LogP contribution is 2.11. The summed E-state index contributed by atoms with van der Waals surface area (Å²) >= 11 is 0. The van der Waals surface area contributed by atoms with Crippen molar-refractivity contribution in [1.29, 1.82) is 0 Å². The number of carbonyl (C=O) groups excluding carboxylic acids is 2. The van der Waals surface area contributed by atoms with Gasteiger partial charge in [0.15, 0.2) is 5.92 Å². The van der Waals surface area contributed by atoms with Crippen LogP contribution in [0.2, 0.25) is 0 Å². The Morgan fingerprint density at radius 1 is 0.875 bits per heavy atom. The topological polar surface area (TPSA) is 61.8 Å². The highest BCUT2D eigenvalue weighted by Gasteiger charge is 2.27. The van der Waals surface area contributed by atoms with Crippen molar-refractivity contribution in [3.8, 4) is 5.75 Å². The lowest BCUT2D eigenvalue weighted by molar-refractivity contribution is -0.162. The molecule has 1 aromatic carbocycles. The zero-order chi connectivity index (χ0) is 17.6. The first-order valence-corrected chi connectivity index (χ1v) is 8.70. The second-order valence-corrected chi connectivity index (χ2v) is 5.46. The van der Waals surface area contributed by atoms with E-state index in [0.29, 0.717) is 19.6 Å². The standard InChI is InChI=1S/C19H28O5/c1-3-17(18(20)22-4-2)19(21)24-15-11-6-5-10-14-23-16-12-8-7-9-13-16/h7-9,12-13,17H,3-6,10-11,14-15H2,1-2H3. The second kappa shape index (κ2) is 12.4. The van der Waals surface area contributed by atoms with Crippen molar-refractivity contribution in [2.24, 2.45) is 5.92 Å². The van der Waals surface area contributed by atoms with Gasteiger partial charge in [0.05, 0.1) is 19.8 Å². The molecule has 1 atom stereocenters. The van der Waals surface area contributed by atoms with Crippen LogP contribution >= 0.6 is 0 Å². The summed E-state index contributed by atoms with van der Waals surface area (Å²) in [4.78, 5) is 23.4. The molecule has 5 heteroatoms. The van der Waals surface area contributed by atoms with Crippen LogP contribution in [0.4, 0.5) is 0 Å². The Kier molecular flexibility index (Phi) is 10.3. The number of carbonyl (C=O) groups is 2. The average Bonchev–Trinajstić information content (AvgIpc) is 2.59. The van der Waals surface area contributed by atoms with E-state index < -0.39 is 17.9 Å². The molecule has 0 amide bonds. The van der Waals surface area contributed by atoms with Crippen molar-refractivity contribution in [1.82, 2.24) is 0 Å². The summed E-state index contributed by atoms with van der Waals surface area (Å²) in [5.74, 6) is -0.897. The molecule has 5 nitrogen and oxygen atoms in total. The van der Waals surface area contributed by atoms with Crippen LogP contribution in [0.5, 0.6) is 5.75 Å². The van der Waals surface area contributed by atoms with Gasteiger partial charge in [-0.15, -0.1) is 0 Å². The third kappa shape index (κ3) is 7.99. The first kappa shape index (κ1) is 20.0. The van der Waals surface area contributed by atoms with Gasteiger partial charge in [-0.05, 0) is 51.2 Å². The van der Waals surface area contributed by atoms with Gasteiger partial charge in [0.2, 0.25) is 0 Å². The van der Waals surface area contributed by atoms with Gasteiger partial charge in [-0.1, -0.05) is 25.1 Å².